The number of amides is 2. The third-order valence-electron chi connectivity index (χ3n) is 5.82. The molecule has 2 heterocycles. The summed E-state index contributed by atoms with van der Waals surface area (Å²) in [6.07, 6.45) is 1.74. The molecule has 4 rings (SSSR count). The fourth-order valence-electron chi connectivity index (χ4n) is 4.28. The van der Waals surface area contributed by atoms with Crippen molar-refractivity contribution in [2.45, 2.75) is 37.4 Å². The van der Waals surface area contributed by atoms with Gasteiger partial charge >= 0.3 is 0 Å². The standard InChI is InChI=1S/C23H26ClN5O2S/c24-15-6-8-17(9-7-15)27-23(32)28-18-12-20-22(31)25-13-19(29(20)14-18)10-11-21(30)26-16-4-2-1-3-5-16/h1-9,18-20H,10-14H2,(H,25,31)(H,26,30)(H2,27,28,32). The number of para-hydroxylation sites is 1. The third kappa shape index (κ3) is 5.76. The Morgan fingerprint density at radius 2 is 1.81 bits per heavy atom. The van der Waals surface area contributed by atoms with Crippen LogP contribution in [0.2, 0.25) is 5.02 Å². The molecule has 0 saturated carbocycles. The van der Waals surface area contributed by atoms with Crippen LogP contribution < -0.4 is 21.3 Å². The summed E-state index contributed by atoms with van der Waals surface area (Å²) in [6, 6.07) is 16.7. The van der Waals surface area contributed by atoms with Crippen LogP contribution in [0.3, 0.4) is 0 Å². The number of nitrogens with zero attached hydrogens (tertiary/aromatic N) is 1. The summed E-state index contributed by atoms with van der Waals surface area (Å²) in [4.78, 5) is 27.0. The lowest BCUT2D eigenvalue weighted by molar-refractivity contribution is -0.129. The van der Waals surface area contributed by atoms with Gasteiger partial charge in [-0.1, -0.05) is 29.8 Å². The zero-order chi connectivity index (χ0) is 22.5. The molecule has 32 heavy (non-hydrogen) atoms. The highest BCUT2D eigenvalue weighted by Gasteiger charge is 2.43. The van der Waals surface area contributed by atoms with Crippen molar-refractivity contribution in [2.24, 2.45) is 0 Å². The van der Waals surface area contributed by atoms with Crippen molar-refractivity contribution in [1.29, 1.82) is 0 Å². The van der Waals surface area contributed by atoms with Gasteiger partial charge < -0.3 is 21.3 Å². The number of hydrogen-bond donors (Lipinski definition) is 4. The lowest BCUT2D eigenvalue weighted by Crippen LogP contribution is -2.58. The van der Waals surface area contributed by atoms with Crippen LogP contribution in [0.15, 0.2) is 54.6 Å². The Kier molecular flexibility index (Phi) is 7.24. The van der Waals surface area contributed by atoms with Gasteiger partial charge in [-0.2, -0.15) is 0 Å². The number of fused-ring (bicyclic) bond motifs is 1. The van der Waals surface area contributed by atoms with Gasteiger partial charge in [-0.3, -0.25) is 14.5 Å². The molecule has 9 heteroatoms. The summed E-state index contributed by atoms with van der Waals surface area (Å²) >= 11 is 11.4. The van der Waals surface area contributed by atoms with Crippen molar-refractivity contribution in [1.82, 2.24) is 15.5 Å². The molecule has 2 fully saturated rings. The fraction of sp³-hybridized carbons (Fsp3) is 0.348. The monoisotopic (exact) mass is 471 g/mol. The van der Waals surface area contributed by atoms with E-state index in [1.807, 2.05) is 42.5 Å². The van der Waals surface area contributed by atoms with Gasteiger partial charge in [0.1, 0.15) is 0 Å². The van der Waals surface area contributed by atoms with Crippen LogP contribution in [0, 0.1) is 0 Å². The third-order valence-corrected chi connectivity index (χ3v) is 6.29. The van der Waals surface area contributed by atoms with Crippen LogP contribution in [0.25, 0.3) is 0 Å². The number of benzene rings is 2. The van der Waals surface area contributed by atoms with E-state index in [4.69, 9.17) is 23.8 Å². The van der Waals surface area contributed by atoms with Gasteiger partial charge in [-0.25, -0.2) is 0 Å². The Hall–Kier alpha value is -2.68. The molecule has 2 aromatic rings. The van der Waals surface area contributed by atoms with Gasteiger partial charge in [0.15, 0.2) is 5.11 Å². The first-order valence-corrected chi connectivity index (χ1v) is 11.5. The van der Waals surface area contributed by atoms with Crippen LogP contribution in [0.4, 0.5) is 11.4 Å². The summed E-state index contributed by atoms with van der Waals surface area (Å²) in [5, 5.41) is 13.6. The highest BCUT2D eigenvalue weighted by molar-refractivity contribution is 7.80. The lowest BCUT2D eigenvalue weighted by atomic mass is 10.0. The summed E-state index contributed by atoms with van der Waals surface area (Å²) < 4.78 is 0. The van der Waals surface area contributed by atoms with E-state index in [0.29, 0.717) is 42.5 Å². The molecule has 2 aliphatic rings. The van der Waals surface area contributed by atoms with Gasteiger partial charge in [0, 0.05) is 48.0 Å². The largest absolute Gasteiger partial charge is 0.358 e. The first kappa shape index (κ1) is 22.5. The van der Waals surface area contributed by atoms with Crippen LogP contribution >= 0.6 is 23.8 Å². The molecule has 168 valence electrons. The molecular weight excluding hydrogens is 446 g/mol. The maximum Gasteiger partial charge on any atom is 0.237 e. The van der Waals surface area contributed by atoms with E-state index in [2.05, 4.69) is 26.2 Å². The minimum atomic E-state index is -0.207. The maximum atomic E-state index is 12.4. The number of hydrogen-bond acceptors (Lipinski definition) is 4. The zero-order valence-electron chi connectivity index (χ0n) is 17.5. The minimum Gasteiger partial charge on any atom is -0.358 e. The van der Waals surface area contributed by atoms with Crippen LogP contribution in [0.1, 0.15) is 19.3 Å². The van der Waals surface area contributed by atoms with Crippen LogP contribution in [-0.2, 0) is 9.59 Å². The second-order valence-corrected chi connectivity index (χ2v) is 8.95. The molecule has 2 aliphatic heterocycles. The van der Waals surface area contributed by atoms with Crippen LogP contribution in [0.5, 0.6) is 0 Å². The van der Waals surface area contributed by atoms with Gasteiger partial charge in [0.25, 0.3) is 0 Å². The molecule has 0 aliphatic carbocycles. The number of carbonyl (C=O) groups is 2. The van der Waals surface area contributed by atoms with E-state index in [1.165, 1.54) is 0 Å². The number of thiocarbonyl (C=S) groups is 1. The SMILES string of the molecule is O=C(CCC1CNC(=O)C2CC(NC(=S)Nc3ccc(Cl)cc3)CN12)Nc1ccccc1. The maximum absolute atomic E-state index is 12.4. The van der Waals surface area contributed by atoms with E-state index in [-0.39, 0.29) is 29.9 Å². The van der Waals surface area contributed by atoms with Crippen molar-refractivity contribution < 1.29 is 9.59 Å². The average Bonchev–Trinajstić information content (AvgIpc) is 3.20. The Morgan fingerprint density at radius 1 is 1.09 bits per heavy atom. The molecule has 4 N–H and O–H groups in total. The molecule has 0 aromatic heterocycles. The van der Waals surface area contributed by atoms with Crippen molar-refractivity contribution in [3.8, 4) is 0 Å². The Balaban J connectivity index is 1.29. The molecule has 2 aromatic carbocycles. The molecule has 7 nitrogen and oxygen atoms in total. The first-order chi connectivity index (χ1) is 15.5. The Morgan fingerprint density at radius 3 is 2.56 bits per heavy atom. The van der Waals surface area contributed by atoms with Crippen molar-refractivity contribution >= 4 is 52.1 Å². The van der Waals surface area contributed by atoms with Gasteiger partial charge in [0.2, 0.25) is 11.8 Å². The second-order valence-electron chi connectivity index (χ2n) is 8.10. The Bertz CT molecular complexity index is 972. The van der Waals surface area contributed by atoms with Gasteiger partial charge in [0.05, 0.1) is 6.04 Å². The number of rotatable bonds is 6. The molecule has 3 atom stereocenters. The molecule has 0 spiro atoms. The molecular formula is C23H26ClN5O2S. The van der Waals surface area contributed by atoms with Gasteiger partial charge in [-0.05, 0) is 61.5 Å². The second kappa shape index (κ2) is 10.3. The average molecular weight is 472 g/mol. The highest BCUT2D eigenvalue weighted by atomic mass is 35.5. The van der Waals surface area contributed by atoms with E-state index in [9.17, 15) is 9.59 Å². The summed E-state index contributed by atoms with van der Waals surface area (Å²) in [6.45, 7) is 1.25. The quantitative estimate of drug-likeness (QED) is 0.485. The molecule has 2 saturated heterocycles. The van der Waals surface area contributed by atoms with Crippen molar-refractivity contribution in [3.05, 3.63) is 59.6 Å². The minimum absolute atomic E-state index is 0.0214. The highest BCUT2D eigenvalue weighted by Crippen LogP contribution is 2.26. The normalized spacial score (nSPS) is 22.5. The molecule has 0 bridgehead atoms. The molecule has 0 radical (unpaired) electrons. The lowest BCUT2D eigenvalue weighted by Gasteiger charge is -2.37. The van der Waals surface area contributed by atoms with E-state index in [0.717, 1.165) is 11.4 Å². The topological polar surface area (TPSA) is 85.5 Å². The van der Waals surface area contributed by atoms with E-state index in [1.54, 1.807) is 12.1 Å². The smallest absolute Gasteiger partial charge is 0.237 e. The fourth-order valence-corrected chi connectivity index (χ4v) is 4.69. The number of carbonyl (C=O) groups excluding carboxylic acids is 2. The van der Waals surface area contributed by atoms with Gasteiger partial charge in [-0.15, -0.1) is 0 Å². The number of piperazine rings is 1. The number of nitrogens with one attached hydrogen (secondary N) is 4. The first-order valence-electron chi connectivity index (χ1n) is 10.7. The van der Waals surface area contributed by atoms with Crippen molar-refractivity contribution in [3.63, 3.8) is 0 Å². The summed E-state index contributed by atoms with van der Waals surface area (Å²) in [5.74, 6) is 0.0164. The van der Waals surface area contributed by atoms with Crippen LogP contribution in [-0.4, -0.2) is 53.0 Å². The molecule has 2 amide bonds. The Labute approximate surface area is 197 Å². The number of halogens is 1. The predicted octanol–water partition coefficient (Wildman–Crippen LogP) is 2.99. The summed E-state index contributed by atoms with van der Waals surface area (Å²) in [7, 11) is 0. The van der Waals surface area contributed by atoms with E-state index >= 15 is 0 Å². The zero-order valence-corrected chi connectivity index (χ0v) is 19.1. The molecule has 3 unspecified atom stereocenters. The number of anilines is 2. The van der Waals surface area contributed by atoms with E-state index < -0.39 is 0 Å². The predicted molar refractivity (Wildman–Crippen MR) is 131 cm³/mol. The summed E-state index contributed by atoms with van der Waals surface area (Å²) in [5.41, 5.74) is 1.64. The van der Waals surface area contributed by atoms with Crippen molar-refractivity contribution in [2.75, 3.05) is 23.7 Å².